The highest BCUT2D eigenvalue weighted by atomic mass is 35.5. The second-order valence-corrected chi connectivity index (χ2v) is 7.98. The number of carboxylic acid groups (broad SMARTS) is 1. The van der Waals surface area contributed by atoms with Gasteiger partial charge in [-0.05, 0) is 32.4 Å². The van der Waals surface area contributed by atoms with Crippen molar-refractivity contribution in [2.45, 2.75) is 46.6 Å². The van der Waals surface area contributed by atoms with Crippen LogP contribution < -0.4 is 11.1 Å². The van der Waals surface area contributed by atoms with Crippen LogP contribution in [0, 0.1) is 5.41 Å². The van der Waals surface area contributed by atoms with Gasteiger partial charge in [0.2, 0.25) is 0 Å². The number of hydrogen-bond donors (Lipinski definition) is 4. The number of nitrogens with two attached hydrogens (primary N) is 1. The van der Waals surface area contributed by atoms with Gasteiger partial charge < -0.3 is 30.7 Å². The molecule has 0 saturated heterocycles. The molecule has 0 fully saturated rings. The number of rotatable bonds is 8. The predicted molar refractivity (Wildman–Crippen MR) is 113 cm³/mol. The number of alkyl carbamates (subject to hydrolysis) is 1. The Labute approximate surface area is 185 Å². The van der Waals surface area contributed by atoms with Gasteiger partial charge in [0.15, 0.2) is 0 Å². The highest BCUT2D eigenvalue weighted by Crippen LogP contribution is 2.30. The van der Waals surface area contributed by atoms with Gasteiger partial charge >= 0.3 is 18.2 Å². The number of hydrogen-bond acceptors (Lipinski definition) is 6. The number of carbonyl (C=O) groups excluding carboxylic acids is 2. The smallest absolute Gasteiger partial charge is 0.407 e. The molecule has 170 valence electrons. The molecule has 0 saturated carbocycles. The zero-order valence-electron chi connectivity index (χ0n) is 17.3. The summed E-state index contributed by atoms with van der Waals surface area (Å²) in [5.41, 5.74) is 4.23. The Morgan fingerprint density at radius 3 is 2.23 bits per heavy atom. The fourth-order valence-electron chi connectivity index (χ4n) is 2.28. The van der Waals surface area contributed by atoms with E-state index in [0.717, 1.165) is 18.9 Å². The van der Waals surface area contributed by atoms with E-state index in [1.165, 1.54) is 6.07 Å². The predicted octanol–water partition coefficient (Wildman–Crippen LogP) is 4.42. The summed E-state index contributed by atoms with van der Waals surface area (Å²) in [5, 5.41) is 20.4. The zero-order valence-corrected chi connectivity index (χ0v) is 18.8. The van der Waals surface area contributed by atoms with E-state index in [-0.39, 0.29) is 34.9 Å². The summed E-state index contributed by atoms with van der Waals surface area (Å²) in [6.45, 7) is 7.93. The van der Waals surface area contributed by atoms with E-state index >= 15 is 0 Å². The maximum Gasteiger partial charge on any atom is 0.407 e. The van der Waals surface area contributed by atoms with E-state index < -0.39 is 29.3 Å². The van der Waals surface area contributed by atoms with Crippen molar-refractivity contribution in [2.75, 3.05) is 13.2 Å². The Morgan fingerprint density at radius 2 is 1.77 bits per heavy atom. The molecule has 1 unspecified atom stereocenters. The number of aromatic hydroxyl groups is 1. The lowest BCUT2D eigenvalue weighted by atomic mass is 9.87. The number of amides is 2. The molecule has 0 radical (unpaired) electrons. The SMILES string of the molecule is CCCC(C)(COC(N)=O)COC(=O)NC(C)C.O=C(O)c1cc(Cl)cc(Cl)c1O. The maximum atomic E-state index is 11.4. The number of primary amides is 1. The molecule has 2 amide bonds. The third kappa shape index (κ3) is 11.0. The van der Waals surface area contributed by atoms with Crippen molar-refractivity contribution < 1.29 is 34.1 Å². The number of ether oxygens (including phenoxy) is 2. The molecule has 0 aromatic heterocycles. The molecule has 5 N–H and O–H groups in total. The van der Waals surface area contributed by atoms with Gasteiger partial charge in [-0.25, -0.2) is 14.4 Å². The molecule has 9 nitrogen and oxygen atoms in total. The van der Waals surface area contributed by atoms with E-state index in [0.29, 0.717) is 0 Å². The quantitative estimate of drug-likeness (QED) is 0.442. The largest absolute Gasteiger partial charge is 0.505 e. The Kier molecular flexibility index (Phi) is 12.0. The molecule has 30 heavy (non-hydrogen) atoms. The number of carboxylic acids is 1. The van der Waals surface area contributed by atoms with Crippen molar-refractivity contribution in [1.29, 1.82) is 0 Å². The summed E-state index contributed by atoms with van der Waals surface area (Å²) in [5.74, 6) is -1.73. The second-order valence-electron chi connectivity index (χ2n) is 7.13. The normalized spacial score (nSPS) is 12.2. The van der Waals surface area contributed by atoms with Crippen LogP contribution in [0.15, 0.2) is 12.1 Å². The summed E-state index contributed by atoms with van der Waals surface area (Å²) in [4.78, 5) is 32.4. The molecular formula is C19H28Cl2N2O7. The Morgan fingerprint density at radius 1 is 1.20 bits per heavy atom. The van der Waals surface area contributed by atoms with Crippen molar-refractivity contribution in [3.05, 3.63) is 27.7 Å². The molecule has 0 aliphatic rings. The molecule has 1 atom stereocenters. The van der Waals surface area contributed by atoms with Crippen LogP contribution in [0.5, 0.6) is 5.75 Å². The van der Waals surface area contributed by atoms with Crippen LogP contribution in [-0.2, 0) is 9.47 Å². The number of phenols is 1. The third-order valence-corrected chi connectivity index (χ3v) is 4.14. The summed E-state index contributed by atoms with van der Waals surface area (Å²) >= 11 is 11.0. The minimum Gasteiger partial charge on any atom is -0.505 e. The van der Waals surface area contributed by atoms with Crippen LogP contribution in [0.3, 0.4) is 0 Å². The first-order chi connectivity index (χ1) is 13.8. The molecule has 1 aromatic rings. The average molecular weight is 467 g/mol. The minimum absolute atomic E-state index is 0.0248. The Bertz CT molecular complexity index is 744. The van der Waals surface area contributed by atoms with Gasteiger partial charge in [0.1, 0.15) is 24.5 Å². The van der Waals surface area contributed by atoms with Crippen molar-refractivity contribution in [3.8, 4) is 5.75 Å². The van der Waals surface area contributed by atoms with Crippen LogP contribution in [0.1, 0.15) is 50.9 Å². The highest BCUT2D eigenvalue weighted by Gasteiger charge is 2.27. The van der Waals surface area contributed by atoms with Crippen molar-refractivity contribution in [2.24, 2.45) is 11.1 Å². The summed E-state index contributed by atoms with van der Waals surface area (Å²) in [7, 11) is 0. The summed E-state index contributed by atoms with van der Waals surface area (Å²) in [6, 6.07) is 2.42. The van der Waals surface area contributed by atoms with Crippen molar-refractivity contribution >= 4 is 41.4 Å². The molecule has 0 aliphatic carbocycles. The topological polar surface area (TPSA) is 148 Å². The number of benzene rings is 1. The fourth-order valence-corrected chi connectivity index (χ4v) is 2.77. The maximum absolute atomic E-state index is 11.4. The highest BCUT2D eigenvalue weighted by molar-refractivity contribution is 6.36. The monoisotopic (exact) mass is 466 g/mol. The zero-order chi connectivity index (χ0) is 23.5. The Balaban J connectivity index is 0.000000604. The Hall–Kier alpha value is -2.39. The van der Waals surface area contributed by atoms with Gasteiger partial charge in [0, 0.05) is 16.5 Å². The molecule has 1 aromatic carbocycles. The van der Waals surface area contributed by atoms with Crippen LogP contribution in [0.25, 0.3) is 0 Å². The minimum atomic E-state index is -1.27. The van der Waals surface area contributed by atoms with Gasteiger partial charge in [0.25, 0.3) is 0 Å². The third-order valence-electron chi connectivity index (χ3n) is 3.63. The van der Waals surface area contributed by atoms with E-state index in [1.54, 1.807) is 0 Å². The van der Waals surface area contributed by atoms with E-state index in [2.05, 4.69) is 5.32 Å². The average Bonchev–Trinajstić information content (AvgIpc) is 2.61. The van der Waals surface area contributed by atoms with E-state index in [4.69, 9.17) is 48.6 Å². The molecule has 11 heteroatoms. The first-order valence-electron chi connectivity index (χ1n) is 9.08. The first kappa shape index (κ1) is 27.6. The van der Waals surface area contributed by atoms with Crippen LogP contribution in [0.2, 0.25) is 10.0 Å². The number of halogens is 2. The van der Waals surface area contributed by atoms with Crippen LogP contribution in [0.4, 0.5) is 9.59 Å². The van der Waals surface area contributed by atoms with Gasteiger partial charge in [-0.15, -0.1) is 0 Å². The number of carbonyl (C=O) groups is 3. The molecule has 0 aliphatic heterocycles. The standard InChI is InChI=1S/C12H24N2O4.C7H4Cl2O3/c1-5-6-12(4,7-17-10(13)15)8-18-11(16)14-9(2)3;8-3-1-4(7(11)12)6(10)5(9)2-3/h9H,5-8H2,1-4H3,(H2,13,15)(H,14,16);1-2,10H,(H,11,12). The number of aromatic carboxylic acids is 1. The molecule has 1 rings (SSSR count). The molecule has 0 bridgehead atoms. The fraction of sp³-hybridized carbons (Fsp3) is 0.526. The first-order valence-corrected chi connectivity index (χ1v) is 9.83. The summed E-state index contributed by atoms with van der Waals surface area (Å²) in [6.07, 6.45) is 0.388. The van der Waals surface area contributed by atoms with E-state index in [1.807, 2.05) is 27.7 Å². The number of nitrogens with one attached hydrogen (secondary N) is 1. The van der Waals surface area contributed by atoms with Crippen LogP contribution in [-0.4, -0.2) is 47.6 Å². The van der Waals surface area contributed by atoms with Crippen molar-refractivity contribution in [1.82, 2.24) is 5.32 Å². The van der Waals surface area contributed by atoms with Gasteiger partial charge in [-0.1, -0.05) is 43.5 Å². The second kappa shape index (κ2) is 13.0. The van der Waals surface area contributed by atoms with Crippen LogP contribution >= 0.6 is 23.2 Å². The van der Waals surface area contributed by atoms with Gasteiger partial charge in [-0.3, -0.25) is 0 Å². The lowest BCUT2D eigenvalue weighted by Crippen LogP contribution is -2.37. The lowest BCUT2D eigenvalue weighted by molar-refractivity contribution is 0.0332. The lowest BCUT2D eigenvalue weighted by Gasteiger charge is -2.27. The molecular weight excluding hydrogens is 439 g/mol. The van der Waals surface area contributed by atoms with Gasteiger partial charge in [-0.2, -0.15) is 0 Å². The molecule has 0 spiro atoms. The van der Waals surface area contributed by atoms with Gasteiger partial charge in [0.05, 0.1) is 5.02 Å². The van der Waals surface area contributed by atoms with E-state index in [9.17, 15) is 14.4 Å². The van der Waals surface area contributed by atoms with Crippen molar-refractivity contribution in [3.63, 3.8) is 0 Å². The molecule has 0 heterocycles. The summed E-state index contributed by atoms with van der Waals surface area (Å²) < 4.78 is 9.92.